The molecule has 0 radical (unpaired) electrons. The van der Waals surface area contributed by atoms with Gasteiger partial charge in [0.25, 0.3) is 0 Å². The summed E-state index contributed by atoms with van der Waals surface area (Å²) in [7, 11) is 0. The second kappa shape index (κ2) is 8.07. The molecule has 1 aliphatic rings. The number of carbonyl (C=O) groups excluding carboxylic acids is 2. The summed E-state index contributed by atoms with van der Waals surface area (Å²) in [5.74, 6) is 0.0130. The smallest absolute Gasteiger partial charge is 0.248 e. The van der Waals surface area contributed by atoms with Crippen LogP contribution in [0.25, 0.3) is 6.08 Å². The minimum absolute atomic E-state index is 0.197. The Bertz CT molecular complexity index is 797. The number of hydrogen-bond donors (Lipinski definition) is 1. The number of anilines is 1. The van der Waals surface area contributed by atoms with Crippen LogP contribution in [0.5, 0.6) is 0 Å². The molecule has 0 unspecified atom stereocenters. The summed E-state index contributed by atoms with van der Waals surface area (Å²) in [6, 6.07) is 7.64. The Hall–Kier alpha value is -2.47. The minimum Gasteiger partial charge on any atom is -0.338 e. The third kappa shape index (κ3) is 5.00. The summed E-state index contributed by atoms with van der Waals surface area (Å²) in [6.45, 7) is 3.34. The maximum atomic E-state index is 12.1. The standard InChI is InChI=1S/C19H21N3O2S/c1-14-20-17(13-25-14)8-9-18(23)21-16-6-4-5-15(11-16)12-22-10-3-2-7-19(22)24/h4-6,8-9,11,13H,2-3,7,10,12H2,1H3,(H,21,23). The van der Waals surface area contributed by atoms with Crippen LogP contribution in [0.4, 0.5) is 5.69 Å². The number of aryl methyl sites for hydroxylation is 1. The van der Waals surface area contributed by atoms with Gasteiger partial charge in [-0.25, -0.2) is 4.98 Å². The zero-order valence-corrected chi connectivity index (χ0v) is 15.0. The van der Waals surface area contributed by atoms with Gasteiger partial charge in [-0.3, -0.25) is 9.59 Å². The van der Waals surface area contributed by atoms with Crippen molar-refractivity contribution in [3.05, 3.63) is 52.0 Å². The van der Waals surface area contributed by atoms with Crippen LogP contribution in [0.3, 0.4) is 0 Å². The Morgan fingerprint density at radius 1 is 1.40 bits per heavy atom. The summed E-state index contributed by atoms with van der Waals surface area (Å²) >= 11 is 1.55. The first kappa shape index (κ1) is 17.4. The first-order valence-corrected chi connectivity index (χ1v) is 9.26. The zero-order valence-electron chi connectivity index (χ0n) is 14.2. The van der Waals surface area contributed by atoms with Crippen molar-refractivity contribution in [2.45, 2.75) is 32.7 Å². The Labute approximate surface area is 151 Å². The number of piperidine rings is 1. The van der Waals surface area contributed by atoms with E-state index >= 15 is 0 Å². The molecular weight excluding hydrogens is 334 g/mol. The van der Waals surface area contributed by atoms with E-state index in [0.717, 1.165) is 41.3 Å². The van der Waals surface area contributed by atoms with Crippen molar-refractivity contribution in [1.29, 1.82) is 0 Å². The highest BCUT2D eigenvalue weighted by atomic mass is 32.1. The normalized spacial score (nSPS) is 14.9. The van der Waals surface area contributed by atoms with E-state index in [0.29, 0.717) is 13.0 Å². The molecule has 0 saturated carbocycles. The van der Waals surface area contributed by atoms with E-state index in [9.17, 15) is 9.59 Å². The van der Waals surface area contributed by atoms with Gasteiger partial charge < -0.3 is 10.2 Å². The van der Waals surface area contributed by atoms with E-state index in [-0.39, 0.29) is 11.8 Å². The zero-order chi connectivity index (χ0) is 17.6. The number of benzene rings is 1. The number of rotatable bonds is 5. The van der Waals surface area contributed by atoms with Gasteiger partial charge in [-0.05, 0) is 43.5 Å². The quantitative estimate of drug-likeness (QED) is 0.833. The lowest BCUT2D eigenvalue weighted by Gasteiger charge is -2.26. The molecular formula is C19H21N3O2S. The van der Waals surface area contributed by atoms with Gasteiger partial charge >= 0.3 is 0 Å². The molecule has 5 nitrogen and oxygen atoms in total. The van der Waals surface area contributed by atoms with Crippen LogP contribution in [-0.4, -0.2) is 28.2 Å². The van der Waals surface area contributed by atoms with Gasteiger partial charge in [-0.15, -0.1) is 11.3 Å². The van der Waals surface area contributed by atoms with E-state index in [2.05, 4.69) is 10.3 Å². The van der Waals surface area contributed by atoms with Crippen molar-refractivity contribution in [3.8, 4) is 0 Å². The predicted molar refractivity (Wildman–Crippen MR) is 100 cm³/mol. The van der Waals surface area contributed by atoms with Gasteiger partial charge in [0.1, 0.15) is 0 Å². The first-order valence-electron chi connectivity index (χ1n) is 8.38. The molecule has 2 heterocycles. The highest BCUT2D eigenvalue weighted by molar-refractivity contribution is 7.09. The van der Waals surface area contributed by atoms with Crippen LogP contribution in [0.15, 0.2) is 35.7 Å². The molecule has 1 aromatic carbocycles. The predicted octanol–water partition coefficient (Wildman–Crippen LogP) is 3.62. The summed E-state index contributed by atoms with van der Waals surface area (Å²) in [4.78, 5) is 30.2. The Balaban J connectivity index is 1.60. The molecule has 1 fully saturated rings. The molecule has 1 saturated heterocycles. The van der Waals surface area contributed by atoms with Gasteiger partial charge in [0.05, 0.1) is 10.7 Å². The average Bonchev–Trinajstić information content (AvgIpc) is 3.01. The molecule has 3 rings (SSSR count). The van der Waals surface area contributed by atoms with Crippen LogP contribution in [0, 0.1) is 6.92 Å². The van der Waals surface area contributed by atoms with E-state index < -0.39 is 0 Å². The molecule has 1 N–H and O–H groups in total. The van der Waals surface area contributed by atoms with Crippen LogP contribution in [0.1, 0.15) is 35.5 Å². The number of thiazole rings is 1. The highest BCUT2D eigenvalue weighted by Crippen LogP contribution is 2.17. The number of amides is 2. The largest absolute Gasteiger partial charge is 0.338 e. The second-order valence-corrected chi connectivity index (χ2v) is 7.15. The molecule has 25 heavy (non-hydrogen) atoms. The van der Waals surface area contributed by atoms with Crippen LogP contribution < -0.4 is 5.32 Å². The van der Waals surface area contributed by atoms with Gasteiger partial charge in [0.15, 0.2) is 0 Å². The number of aromatic nitrogens is 1. The molecule has 2 aromatic rings. The van der Waals surface area contributed by atoms with Crippen molar-refractivity contribution in [2.75, 3.05) is 11.9 Å². The van der Waals surface area contributed by atoms with Gasteiger partial charge in [-0.2, -0.15) is 0 Å². The lowest BCUT2D eigenvalue weighted by atomic mass is 10.1. The topological polar surface area (TPSA) is 62.3 Å². The fourth-order valence-electron chi connectivity index (χ4n) is 2.80. The molecule has 130 valence electrons. The Kier molecular flexibility index (Phi) is 5.60. The number of nitrogens with one attached hydrogen (secondary N) is 1. The van der Waals surface area contributed by atoms with Crippen molar-refractivity contribution in [1.82, 2.24) is 9.88 Å². The molecule has 0 atom stereocenters. The first-order chi connectivity index (χ1) is 12.1. The lowest BCUT2D eigenvalue weighted by Crippen LogP contribution is -2.34. The fourth-order valence-corrected chi connectivity index (χ4v) is 3.38. The summed E-state index contributed by atoms with van der Waals surface area (Å²) in [5, 5.41) is 5.74. The van der Waals surface area contributed by atoms with Crippen LogP contribution in [-0.2, 0) is 16.1 Å². The number of nitrogens with zero attached hydrogens (tertiary/aromatic N) is 2. The Morgan fingerprint density at radius 3 is 3.04 bits per heavy atom. The van der Waals surface area contributed by atoms with Crippen LogP contribution in [0.2, 0.25) is 0 Å². The third-order valence-electron chi connectivity index (χ3n) is 4.03. The summed E-state index contributed by atoms with van der Waals surface area (Å²) in [6.07, 6.45) is 5.86. The number of likely N-dealkylation sites (tertiary alicyclic amines) is 1. The van der Waals surface area contributed by atoms with Crippen molar-refractivity contribution < 1.29 is 9.59 Å². The van der Waals surface area contributed by atoms with E-state index in [1.807, 2.05) is 41.5 Å². The monoisotopic (exact) mass is 355 g/mol. The van der Waals surface area contributed by atoms with Gasteiger partial charge in [-0.1, -0.05) is 12.1 Å². The van der Waals surface area contributed by atoms with Crippen molar-refractivity contribution >= 4 is 34.9 Å². The molecule has 0 bridgehead atoms. The maximum absolute atomic E-state index is 12.1. The number of carbonyl (C=O) groups is 2. The highest BCUT2D eigenvalue weighted by Gasteiger charge is 2.17. The van der Waals surface area contributed by atoms with E-state index in [4.69, 9.17) is 0 Å². The third-order valence-corrected chi connectivity index (χ3v) is 4.82. The van der Waals surface area contributed by atoms with Crippen molar-refractivity contribution in [3.63, 3.8) is 0 Å². The fraction of sp³-hybridized carbons (Fsp3) is 0.316. The molecule has 6 heteroatoms. The molecule has 2 amide bonds. The summed E-state index contributed by atoms with van der Waals surface area (Å²) < 4.78 is 0. The van der Waals surface area contributed by atoms with Gasteiger partial charge in [0, 0.05) is 36.7 Å². The number of hydrogen-bond acceptors (Lipinski definition) is 4. The van der Waals surface area contributed by atoms with E-state index in [1.54, 1.807) is 17.4 Å². The molecule has 1 aromatic heterocycles. The van der Waals surface area contributed by atoms with Gasteiger partial charge in [0.2, 0.25) is 11.8 Å². The SMILES string of the molecule is Cc1nc(C=CC(=O)Nc2cccc(CN3CCCCC3=O)c2)cs1. The van der Waals surface area contributed by atoms with Crippen LogP contribution >= 0.6 is 11.3 Å². The molecule has 0 spiro atoms. The maximum Gasteiger partial charge on any atom is 0.248 e. The minimum atomic E-state index is -0.197. The second-order valence-electron chi connectivity index (χ2n) is 6.09. The lowest BCUT2D eigenvalue weighted by molar-refractivity contribution is -0.133. The molecule has 1 aliphatic heterocycles. The summed E-state index contributed by atoms with van der Waals surface area (Å²) in [5.41, 5.74) is 2.54. The van der Waals surface area contributed by atoms with E-state index in [1.165, 1.54) is 6.08 Å². The van der Waals surface area contributed by atoms with Crippen molar-refractivity contribution in [2.24, 2.45) is 0 Å². The average molecular weight is 355 g/mol. The Morgan fingerprint density at radius 2 is 2.28 bits per heavy atom. The molecule has 0 aliphatic carbocycles.